The molecule has 0 aliphatic rings. The molecule has 0 fully saturated rings. The van der Waals surface area contributed by atoms with Gasteiger partial charge in [0.1, 0.15) is 0 Å². The highest BCUT2D eigenvalue weighted by Gasteiger charge is 2.17. The number of halogens is 1. The van der Waals surface area contributed by atoms with Crippen molar-refractivity contribution in [3.05, 3.63) is 90.3 Å². The van der Waals surface area contributed by atoms with E-state index in [-0.39, 0.29) is 0 Å². The lowest BCUT2D eigenvalue weighted by Gasteiger charge is -2.05. The van der Waals surface area contributed by atoms with Crippen molar-refractivity contribution >= 4 is 28.3 Å². The first-order valence-corrected chi connectivity index (χ1v) is 8.80. The first-order chi connectivity index (χ1) is 12.8. The lowest BCUT2D eigenvalue weighted by molar-refractivity contribution is -0.480. The second kappa shape index (κ2) is 5.97. The zero-order valence-corrected chi connectivity index (χ0v) is 14.6. The van der Waals surface area contributed by atoms with Gasteiger partial charge in [0.05, 0.1) is 6.20 Å². The van der Waals surface area contributed by atoms with Gasteiger partial charge in [-0.2, -0.15) is 4.40 Å². The number of rotatable bonds is 2. The van der Waals surface area contributed by atoms with Crippen LogP contribution >= 0.6 is 11.6 Å². The fourth-order valence-corrected chi connectivity index (χ4v) is 3.61. The van der Waals surface area contributed by atoms with Crippen molar-refractivity contribution in [2.24, 2.45) is 0 Å². The lowest BCUT2D eigenvalue weighted by Crippen LogP contribution is -2.18. The number of nitrogens with one attached hydrogen (secondary N) is 1. The molecule has 0 saturated carbocycles. The lowest BCUT2D eigenvalue weighted by atomic mass is 10.0. The Morgan fingerprint density at radius 3 is 2.50 bits per heavy atom. The number of pyridine rings is 2. The van der Waals surface area contributed by atoms with Gasteiger partial charge in [-0.3, -0.25) is 4.98 Å². The predicted octanol–water partition coefficient (Wildman–Crippen LogP) is 5.29. The number of fused-ring (bicyclic) bond motifs is 3. The van der Waals surface area contributed by atoms with Crippen LogP contribution in [0.25, 0.3) is 38.9 Å². The third kappa shape index (κ3) is 2.45. The van der Waals surface area contributed by atoms with Crippen LogP contribution in [0.1, 0.15) is 0 Å². The molecule has 2 aromatic carbocycles. The molecule has 26 heavy (non-hydrogen) atoms. The van der Waals surface area contributed by atoms with E-state index < -0.39 is 0 Å². The van der Waals surface area contributed by atoms with Crippen molar-refractivity contribution in [3.63, 3.8) is 0 Å². The largest absolute Gasteiger partial charge is 0.284 e. The zero-order chi connectivity index (χ0) is 17.5. The Balaban J connectivity index is 1.69. The third-order valence-corrected chi connectivity index (χ3v) is 4.86. The fourth-order valence-electron chi connectivity index (χ4n) is 3.40. The number of aromatic nitrogens is 3. The maximum Gasteiger partial charge on any atom is 0.284 e. The molecule has 124 valence electrons. The highest BCUT2D eigenvalue weighted by atomic mass is 35.5. The number of hydrogen-bond donors (Lipinski definition) is 1. The van der Waals surface area contributed by atoms with Gasteiger partial charge in [0.15, 0.2) is 11.0 Å². The Hall–Kier alpha value is -3.17. The summed E-state index contributed by atoms with van der Waals surface area (Å²) in [7, 11) is 0. The van der Waals surface area contributed by atoms with Crippen LogP contribution in [0.3, 0.4) is 0 Å². The monoisotopic (exact) mass is 356 g/mol. The van der Waals surface area contributed by atoms with E-state index in [9.17, 15) is 0 Å². The minimum Gasteiger partial charge on any atom is -0.264 e. The summed E-state index contributed by atoms with van der Waals surface area (Å²) in [4.78, 5) is 7.71. The molecule has 0 amide bonds. The van der Waals surface area contributed by atoms with Crippen LogP contribution in [0.2, 0.25) is 5.02 Å². The molecule has 1 N–H and O–H groups in total. The average molecular weight is 357 g/mol. The van der Waals surface area contributed by atoms with E-state index >= 15 is 0 Å². The summed E-state index contributed by atoms with van der Waals surface area (Å²) in [5.41, 5.74) is 7.65. The van der Waals surface area contributed by atoms with Gasteiger partial charge in [-0.25, -0.2) is 4.98 Å². The smallest absolute Gasteiger partial charge is 0.264 e. The van der Waals surface area contributed by atoms with Gasteiger partial charge >= 0.3 is 0 Å². The summed E-state index contributed by atoms with van der Waals surface area (Å²) in [6.07, 6.45) is 5.70. The van der Waals surface area contributed by atoms with Crippen LogP contribution in [0, 0.1) is 0 Å². The van der Waals surface area contributed by atoms with E-state index in [1.807, 2.05) is 42.7 Å². The quantitative estimate of drug-likeness (QED) is 0.428. The Bertz CT molecular complexity index is 1230. The molecule has 0 spiro atoms. The fraction of sp³-hybridized carbons (Fsp3) is 0. The van der Waals surface area contributed by atoms with Crippen LogP contribution in [-0.2, 0) is 0 Å². The first-order valence-electron chi connectivity index (χ1n) is 8.42. The molecule has 3 heterocycles. The molecule has 0 aliphatic heterocycles. The van der Waals surface area contributed by atoms with Crippen molar-refractivity contribution < 1.29 is 4.40 Å². The van der Waals surface area contributed by atoms with E-state index in [1.165, 1.54) is 0 Å². The van der Waals surface area contributed by atoms with Crippen LogP contribution < -0.4 is 4.40 Å². The molecule has 0 aliphatic carbocycles. The zero-order valence-electron chi connectivity index (χ0n) is 13.9. The van der Waals surface area contributed by atoms with Crippen LogP contribution in [-0.4, -0.2) is 9.97 Å². The number of aromatic amines is 1. The van der Waals surface area contributed by atoms with E-state index in [2.05, 4.69) is 50.8 Å². The topological polar surface area (TPSA) is 32.8 Å². The van der Waals surface area contributed by atoms with E-state index in [1.54, 1.807) is 6.20 Å². The normalized spacial score (nSPS) is 11.3. The van der Waals surface area contributed by atoms with E-state index in [0.717, 1.165) is 44.0 Å². The van der Waals surface area contributed by atoms with Crippen LogP contribution in [0.4, 0.5) is 0 Å². The van der Waals surface area contributed by atoms with E-state index in [4.69, 9.17) is 11.6 Å². The minimum absolute atomic E-state index is 0.723. The van der Waals surface area contributed by atoms with E-state index in [0.29, 0.717) is 0 Å². The number of nitrogens with zero attached hydrogens (tertiary/aromatic N) is 2. The Morgan fingerprint density at radius 1 is 0.846 bits per heavy atom. The molecule has 5 rings (SSSR count). The number of H-pyrrole nitrogens is 1. The van der Waals surface area contributed by atoms with Crippen LogP contribution in [0.15, 0.2) is 85.3 Å². The Kier molecular flexibility index (Phi) is 3.47. The van der Waals surface area contributed by atoms with Gasteiger partial charge in [0.2, 0.25) is 0 Å². The predicted molar refractivity (Wildman–Crippen MR) is 105 cm³/mol. The standard InChI is InChI=1S/C22H14ClN3/c23-18-12-19(22-20(13-18)26-11-2-1-5-21(26)25-22)16-8-6-15(7-9-16)17-4-3-10-24-14-17/h1-14H/p+1. The van der Waals surface area contributed by atoms with Gasteiger partial charge in [-0.1, -0.05) is 48.0 Å². The Morgan fingerprint density at radius 2 is 1.69 bits per heavy atom. The van der Waals surface area contributed by atoms with Gasteiger partial charge in [0.25, 0.3) is 5.65 Å². The minimum atomic E-state index is 0.723. The second-order valence-corrected chi connectivity index (χ2v) is 6.68. The molecule has 0 bridgehead atoms. The molecule has 3 aromatic heterocycles. The van der Waals surface area contributed by atoms with Crippen molar-refractivity contribution in [2.75, 3.05) is 0 Å². The molecule has 3 nitrogen and oxygen atoms in total. The molecule has 0 unspecified atom stereocenters. The summed E-state index contributed by atoms with van der Waals surface area (Å²) in [5.74, 6) is 0. The summed E-state index contributed by atoms with van der Waals surface area (Å²) in [5, 5.41) is 0.723. The van der Waals surface area contributed by atoms with Crippen LogP contribution in [0.5, 0.6) is 0 Å². The summed E-state index contributed by atoms with van der Waals surface area (Å²) in [6, 6.07) is 22.6. The number of benzene rings is 2. The number of imidazole rings is 1. The molecule has 0 atom stereocenters. The number of hydrogen-bond acceptors (Lipinski definition) is 1. The van der Waals surface area contributed by atoms with Crippen molar-refractivity contribution in [2.45, 2.75) is 0 Å². The van der Waals surface area contributed by atoms with Crippen molar-refractivity contribution in [3.8, 4) is 22.3 Å². The summed E-state index contributed by atoms with van der Waals surface area (Å²) >= 11 is 6.42. The van der Waals surface area contributed by atoms with Gasteiger partial charge in [0, 0.05) is 35.1 Å². The second-order valence-electron chi connectivity index (χ2n) is 6.25. The highest BCUT2D eigenvalue weighted by Crippen LogP contribution is 2.31. The molecule has 0 saturated heterocycles. The molecule has 0 radical (unpaired) electrons. The van der Waals surface area contributed by atoms with Gasteiger partial charge in [-0.15, -0.1) is 0 Å². The third-order valence-electron chi connectivity index (χ3n) is 4.65. The van der Waals surface area contributed by atoms with Gasteiger partial charge in [-0.05, 0) is 34.9 Å². The molecular formula is C22H15ClN3+. The van der Waals surface area contributed by atoms with Gasteiger partial charge < -0.3 is 0 Å². The van der Waals surface area contributed by atoms with Crippen molar-refractivity contribution in [1.82, 2.24) is 9.97 Å². The Labute approximate surface area is 155 Å². The maximum atomic E-state index is 6.42. The molecular weight excluding hydrogens is 342 g/mol. The SMILES string of the molecule is Clc1cc(-c2ccc(-c3cccnc3)cc2)c2[nH]c3cccc[n+]3c2c1. The molecule has 5 aromatic rings. The average Bonchev–Trinajstić information content (AvgIpc) is 3.07. The first kappa shape index (κ1) is 15.1. The van der Waals surface area contributed by atoms with Crippen molar-refractivity contribution in [1.29, 1.82) is 0 Å². The summed E-state index contributed by atoms with van der Waals surface area (Å²) in [6.45, 7) is 0. The summed E-state index contributed by atoms with van der Waals surface area (Å²) < 4.78 is 2.12. The highest BCUT2D eigenvalue weighted by molar-refractivity contribution is 6.31. The maximum absolute atomic E-state index is 6.42. The molecule has 4 heteroatoms.